The van der Waals surface area contributed by atoms with Crippen molar-refractivity contribution < 1.29 is 13.2 Å². The average Bonchev–Trinajstić information content (AvgIpc) is 2.29. The summed E-state index contributed by atoms with van der Waals surface area (Å²) >= 11 is 0. The lowest BCUT2D eigenvalue weighted by atomic mass is 9.99. The van der Waals surface area contributed by atoms with Crippen LogP contribution in [0.3, 0.4) is 0 Å². The Hall–Kier alpha value is -0.780. The van der Waals surface area contributed by atoms with Crippen LogP contribution >= 0.6 is 12.4 Å². The molecule has 0 bridgehead atoms. The number of halogens is 4. The molecule has 0 radical (unpaired) electrons. The summed E-state index contributed by atoms with van der Waals surface area (Å²) in [7, 11) is 0. The van der Waals surface area contributed by atoms with Gasteiger partial charge >= 0.3 is 6.18 Å². The fourth-order valence-corrected chi connectivity index (χ4v) is 1.93. The van der Waals surface area contributed by atoms with Crippen molar-refractivity contribution in [3.8, 4) is 0 Å². The van der Waals surface area contributed by atoms with E-state index in [1.165, 1.54) is 12.1 Å². The first kappa shape index (κ1) is 14.3. The van der Waals surface area contributed by atoms with Crippen LogP contribution in [-0.2, 0) is 6.18 Å². The highest BCUT2D eigenvalue weighted by molar-refractivity contribution is 5.85. The van der Waals surface area contributed by atoms with E-state index in [0.717, 1.165) is 12.6 Å². The largest absolute Gasteiger partial charge is 0.416 e. The first-order valence-corrected chi connectivity index (χ1v) is 5.19. The van der Waals surface area contributed by atoms with Gasteiger partial charge in [-0.3, -0.25) is 0 Å². The topological polar surface area (TPSA) is 24.1 Å². The van der Waals surface area contributed by atoms with Crippen molar-refractivity contribution in [1.29, 1.82) is 0 Å². The van der Waals surface area contributed by atoms with Crippen molar-refractivity contribution in [1.82, 2.24) is 10.6 Å². The van der Waals surface area contributed by atoms with Crippen LogP contribution in [0.1, 0.15) is 17.2 Å². The minimum Gasteiger partial charge on any atom is -0.314 e. The molecule has 1 atom stereocenters. The first-order valence-electron chi connectivity index (χ1n) is 5.19. The maximum absolute atomic E-state index is 12.8. The second kappa shape index (κ2) is 5.71. The highest BCUT2D eigenvalue weighted by atomic mass is 35.5. The molecular formula is C11H14ClF3N2. The third-order valence-electron chi connectivity index (χ3n) is 2.68. The molecule has 1 aromatic rings. The van der Waals surface area contributed by atoms with Gasteiger partial charge in [-0.2, -0.15) is 13.2 Å². The van der Waals surface area contributed by atoms with E-state index in [4.69, 9.17) is 0 Å². The lowest BCUT2D eigenvalue weighted by molar-refractivity contribution is -0.138. The lowest BCUT2D eigenvalue weighted by Crippen LogP contribution is -2.43. The second-order valence-corrected chi connectivity index (χ2v) is 3.80. The standard InChI is InChI=1S/C11H13F3N2.ClH/c12-11(13,14)9-4-2-1-3-8(9)10-7-15-5-6-16-10;/h1-4,10,15-16H,5-7H2;1H/t10-;/m0./s1. The summed E-state index contributed by atoms with van der Waals surface area (Å²) in [6.45, 7) is 2.02. The van der Waals surface area contributed by atoms with Crippen LogP contribution in [0.15, 0.2) is 24.3 Å². The molecule has 6 heteroatoms. The zero-order chi connectivity index (χ0) is 11.6. The van der Waals surface area contributed by atoms with Crippen LogP contribution in [0.25, 0.3) is 0 Å². The number of alkyl halides is 3. The van der Waals surface area contributed by atoms with Gasteiger partial charge in [-0.15, -0.1) is 12.4 Å². The summed E-state index contributed by atoms with van der Waals surface area (Å²) in [5.74, 6) is 0. The van der Waals surface area contributed by atoms with Crippen molar-refractivity contribution in [2.24, 2.45) is 0 Å². The molecule has 96 valence electrons. The Balaban J connectivity index is 0.00000144. The van der Waals surface area contributed by atoms with Crippen LogP contribution in [-0.4, -0.2) is 19.6 Å². The molecule has 2 rings (SSSR count). The Morgan fingerprint density at radius 3 is 2.41 bits per heavy atom. The van der Waals surface area contributed by atoms with Crippen molar-refractivity contribution in [2.45, 2.75) is 12.2 Å². The van der Waals surface area contributed by atoms with Crippen molar-refractivity contribution >= 4 is 12.4 Å². The second-order valence-electron chi connectivity index (χ2n) is 3.80. The fourth-order valence-electron chi connectivity index (χ4n) is 1.93. The number of nitrogens with one attached hydrogen (secondary N) is 2. The minimum atomic E-state index is -4.28. The average molecular weight is 267 g/mol. The van der Waals surface area contributed by atoms with Gasteiger partial charge in [0.05, 0.1) is 5.56 Å². The predicted molar refractivity (Wildman–Crippen MR) is 62.3 cm³/mol. The van der Waals surface area contributed by atoms with E-state index < -0.39 is 11.7 Å². The fraction of sp³-hybridized carbons (Fsp3) is 0.455. The molecule has 2 N–H and O–H groups in total. The van der Waals surface area contributed by atoms with Gasteiger partial charge in [0.15, 0.2) is 0 Å². The molecule has 1 saturated heterocycles. The number of piperazine rings is 1. The molecule has 0 aromatic heterocycles. The maximum Gasteiger partial charge on any atom is 0.416 e. The van der Waals surface area contributed by atoms with Crippen molar-refractivity contribution in [3.05, 3.63) is 35.4 Å². The third kappa shape index (κ3) is 3.34. The van der Waals surface area contributed by atoms with E-state index in [0.29, 0.717) is 18.7 Å². The van der Waals surface area contributed by atoms with Crippen LogP contribution in [0.2, 0.25) is 0 Å². The molecule has 1 aliphatic heterocycles. The van der Waals surface area contributed by atoms with Crippen LogP contribution in [0, 0.1) is 0 Å². The summed E-state index contributed by atoms with van der Waals surface area (Å²) in [4.78, 5) is 0. The Kier molecular flexibility index (Phi) is 4.80. The maximum atomic E-state index is 12.8. The van der Waals surface area contributed by atoms with E-state index in [1.807, 2.05) is 0 Å². The Bertz CT molecular complexity index is 362. The minimum absolute atomic E-state index is 0. The molecule has 0 saturated carbocycles. The first-order chi connectivity index (χ1) is 7.59. The van der Waals surface area contributed by atoms with Crippen LogP contribution in [0.4, 0.5) is 13.2 Å². The summed E-state index contributed by atoms with van der Waals surface area (Å²) in [6.07, 6.45) is -4.28. The van der Waals surface area contributed by atoms with Crippen molar-refractivity contribution in [2.75, 3.05) is 19.6 Å². The smallest absolute Gasteiger partial charge is 0.314 e. The van der Waals surface area contributed by atoms with Gasteiger partial charge < -0.3 is 10.6 Å². The molecule has 0 spiro atoms. The molecule has 0 amide bonds. The Morgan fingerprint density at radius 2 is 1.82 bits per heavy atom. The number of hydrogen-bond acceptors (Lipinski definition) is 2. The van der Waals surface area contributed by atoms with E-state index in [9.17, 15) is 13.2 Å². The number of hydrogen-bond donors (Lipinski definition) is 2. The highest BCUT2D eigenvalue weighted by Crippen LogP contribution is 2.34. The van der Waals surface area contributed by atoms with Gasteiger partial charge in [-0.1, -0.05) is 18.2 Å². The molecule has 1 heterocycles. The summed E-state index contributed by atoms with van der Waals surface area (Å²) in [6, 6.07) is 5.47. The molecule has 1 aliphatic rings. The van der Waals surface area contributed by atoms with E-state index in [2.05, 4.69) is 10.6 Å². The van der Waals surface area contributed by atoms with Gasteiger partial charge in [-0.25, -0.2) is 0 Å². The summed E-state index contributed by atoms with van der Waals surface area (Å²) in [5.41, 5.74) is -0.224. The molecule has 1 fully saturated rings. The Labute approximate surface area is 104 Å². The van der Waals surface area contributed by atoms with Crippen molar-refractivity contribution in [3.63, 3.8) is 0 Å². The monoisotopic (exact) mass is 266 g/mol. The van der Waals surface area contributed by atoms with Crippen LogP contribution in [0.5, 0.6) is 0 Å². The molecular weight excluding hydrogens is 253 g/mol. The molecule has 17 heavy (non-hydrogen) atoms. The normalized spacial score (nSPS) is 20.8. The SMILES string of the molecule is Cl.FC(F)(F)c1ccccc1[C@@H]1CNCCN1. The van der Waals surface area contributed by atoms with E-state index in [1.54, 1.807) is 6.07 Å². The highest BCUT2D eigenvalue weighted by Gasteiger charge is 2.35. The molecule has 0 unspecified atom stereocenters. The van der Waals surface area contributed by atoms with E-state index in [-0.39, 0.29) is 18.4 Å². The van der Waals surface area contributed by atoms with Gasteiger partial charge in [-0.05, 0) is 11.6 Å². The zero-order valence-electron chi connectivity index (χ0n) is 9.05. The quantitative estimate of drug-likeness (QED) is 0.815. The number of benzene rings is 1. The van der Waals surface area contributed by atoms with Gasteiger partial charge in [0, 0.05) is 25.7 Å². The predicted octanol–water partition coefficient (Wildman–Crippen LogP) is 2.36. The van der Waals surface area contributed by atoms with Gasteiger partial charge in [0.1, 0.15) is 0 Å². The molecule has 2 nitrogen and oxygen atoms in total. The lowest BCUT2D eigenvalue weighted by Gasteiger charge is -2.27. The van der Waals surface area contributed by atoms with Crippen LogP contribution < -0.4 is 10.6 Å². The zero-order valence-corrected chi connectivity index (χ0v) is 9.87. The number of rotatable bonds is 1. The summed E-state index contributed by atoms with van der Waals surface area (Å²) in [5, 5.41) is 6.17. The molecule has 0 aliphatic carbocycles. The van der Waals surface area contributed by atoms with E-state index >= 15 is 0 Å². The van der Waals surface area contributed by atoms with Gasteiger partial charge in [0.25, 0.3) is 0 Å². The third-order valence-corrected chi connectivity index (χ3v) is 2.68. The molecule has 1 aromatic carbocycles. The van der Waals surface area contributed by atoms with Gasteiger partial charge in [0.2, 0.25) is 0 Å². The Morgan fingerprint density at radius 1 is 1.12 bits per heavy atom. The summed E-state index contributed by atoms with van der Waals surface area (Å²) < 4.78 is 38.3.